The minimum atomic E-state index is -1.18. The van der Waals surface area contributed by atoms with Crippen molar-refractivity contribution in [2.75, 3.05) is 0 Å². The highest BCUT2D eigenvalue weighted by atomic mass is 79.9. The lowest BCUT2D eigenvalue weighted by molar-refractivity contribution is -0.255. The molecule has 1 aromatic heterocycles. The van der Waals surface area contributed by atoms with E-state index in [1.54, 1.807) is 35.6 Å². The summed E-state index contributed by atoms with van der Waals surface area (Å²) in [6.07, 6.45) is 0. The first-order chi connectivity index (χ1) is 14.1. The monoisotopic (exact) mass is 463 g/mol. The molecular formula is C24H16BrO3S-. The summed E-state index contributed by atoms with van der Waals surface area (Å²) in [5.41, 5.74) is 4.23. The second kappa shape index (κ2) is 8.64. The fourth-order valence-corrected chi connectivity index (χ4v) is 4.37. The molecule has 0 aliphatic heterocycles. The van der Waals surface area contributed by atoms with Crippen LogP contribution in [0.15, 0.2) is 88.7 Å². The number of carbonyl (C=O) groups excluding carboxylic acids is 1. The molecule has 0 fully saturated rings. The largest absolute Gasteiger partial charge is 0.545 e. The van der Waals surface area contributed by atoms with Gasteiger partial charge in [0.15, 0.2) is 0 Å². The van der Waals surface area contributed by atoms with Gasteiger partial charge < -0.3 is 14.6 Å². The Kier molecular flexibility index (Phi) is 5.79. The molecule has 0 saturated carbocycles. The highest BCUT2D eigenvalue weighted by Crippen LogP contribution is 2.42. The zero-order valence-electron chi connectivity index (χ0n) is 15.3. The number of hydrogen-bond acceptors (Lipinski definition) is 4. The molecule has 0 unspecified atom stereocenters. The number of ether oxygens (including phenoxy) is 1. The number of carboxylic acid groups (broad SMARTS) is 1. The maximum Gasteiger partial charge on any atom is 0.128 e. The molecule has 0 bridgehead atoms. The van der Waals surface area contributed by atoms with Gasteiger partial charge in [-0.25, -0.2) is 0 Å². The number of carboxylic acids is 1. The minimum absolute atomic E-state index is 0.167. The molecule has 0 N–H and O–H groups in total. The second-order valence-corrected chi connectivity index (χ2v) is 8.27. The number of halogens is 1. The van der Waals surface area contributed by atoms with Crippen LogP contribution in [0, 0.1) is 0 Å². The van der Waals surface area contributed by atoms with E-state index in [1.165, 1.54) is 0 Å². The van der Waals surface area contributed by atoms with Crippen molar-refractivity contribution >= 4 is 33.2 Å². The average Bonchev–Trinajstić information content (AvgIpc) is 3.23. The molecule has 0 spiro atoms. The van der Waals surface area contributed by atoms with Gasteiger partial charge >= 0.3 is 0 Å². The fraction of sp³-hybridized carbons (Fsp3) is 0.0417. The first kappa shape index (κ1) is 19.4. The van der Waals surface area contributed by atoms with Gasteiger partial charge in [0.05, 0.1) is 5.97 Å². The van der Waals surface area contributed by atoms with E-state index < -0.39 is 5.97 Å². The first-order valence-electron chi connectivity index (χ1n) is 8.98. The number of carbonyl (C=O) groups is 1. The molecule has 29 heavy (non-hydrogen) atoms. The summed E-state index contributed by atoms with van der Waals surface area (Å²) in [5.74, 6) is -0.377. The SMILES string of the molecule is O=C([O-])c1ccc(-c2ccsc2-c2cc(Br)ccc2OCc2ccccc2)cc1. The summed E-state index contributed by atoms with van der Waals surface area (Å²) in [4.78, 5) is 12.1. The second-order valence-electron chi connectivity index (χ2n) is 6.44. The summed E-state index contributed by atoms with van der Waals surface area (Å²) in [5, 5.41) is 13.1. The molecule has 3 aromatic carbocycles. The Balaban J connectivity index is 1.69. The summed E-state index contributed by atoms with van der Waals surface area (Å²) in [7, 11) is 0. The number of aromatic carboxylic acids is 1. The smallest absolute Gasteiger partial charge is 0.128 e. The summed E-state index contributed by atoms with van der Waals surface area (Å²) < 4.78 is 7.11. The molecule has 0 aliphatic rings. The molecule has 0 aliphatic carbocycles. The van der Waals surface area contributed by atoms with Crippen LogP contribution < -0.4 is 9.84 Å². The maximum absolute atomic E-state index is 11.0. The van der Waals surface area contributed by atoms with Crippen LogP contribution >= 0.6 is 27.3 Å². The van der Waals surface area contributed by atoms with Gasteiger partial charge in [-0.2, -0.15) is 0 Å². The molecule has 5 heteroatoms. The summed E-state index contributed by atoms with van der Waals surface area (Å²) >= 11 is 5.18. The number of hydrogen-bond donors (Lipinski definition) is 0. The van der Waals surface area contributed by atoms with Crippen LogP contribution in [0.5, 0.6) is 5.75 Å². The van der Waals surface area contributed by atoms with E-state index in [1.807, 2.05) is 60.0 Å². The van der Waals surface area contributed by atoms with E-state index in [0.717, 1.165) is 37.4 Å². The lowest BCUT2D eigenvalue weighted by Crippen LogP contribution is -2.21. The lowest BCUT2D eigenvalue weighted by Gasteiger charge is -2.13. The van der Waals surface area contributed by atoms with Crippen molar-refractivity contribution in [3.05, 3.63) is 99.8 Å². The van der Waals surface area contributed by atoms with E-state index in [2.05, 4.69) is 15.9 Å². The third kappa shape index (κ3) is 4.42. The molecule has 3 nitrogen and oxygen atoms in total. The van der Waals surface area contributed by atoms with E-state index in [4.69, 9.17) is 4.74 Å². The zero-order valence-corrected chi connectivity index (χ0v) is 17.7. The molecule has 144 valence electrons. The first-order valence-corrected chi connectivity index (χ1v) is 10.6. The van der Waals surface area contributed by atoms with Crippen molar-refractivity contribution in [2.45, 2.75) is 6.61 Å². The Hall–Kier alpha value is -2.89. The van der Waals surface area contributed by atoms with Crippen LogP contribution in [-0.2, 0) is 6.61 Å². The van der Waals surface area contributed by atoms with Crippen molar-refractivity contribution in [1.29, 1.82) is 0 Å². The van der Waals surface area contributed by atoms with Gasteiger partial charge in [-0.15, -0.1) is 11.3 Å². The van der Waals surface area contributed by atoms with E-state index in [-0.39, 0.29) is 5.56 Å². The number of rotatable bonds is 6. The molecule has 4 rings (SSSR count). The quantitative estimate of drug-likeness (QED) is 0.363. The minimum Gasteiger partial charge on any atom is -0.545 e. The van der Waals surface area contributed by atoms with Gasteiger partial charge in [-0.05, 0) is 46.3 Å². The Labute approximate surface area is 181 Å². The van der Waals surface area contributed by atoms with Gasteiger partial charge in [-0.1, -0.05) is 70.5 Å². The van der Waals surface area contributed by atoms with Crippen LogP contribution in [0.1, 0.15) is 15.9 Å². The molecule has 4 aromatic rings. The number of benzene rings is 3. The van der Waals surface area contributed by atoms with Gasteiger partial charge in [-0.3, -0.25) is 0 Å². The van der Waals surface area contributed by atoms with E-state index in [9.17, 15) is 9.90 Å². The van der Waals surface area contributed by atoms with E-state index >= 15 is 0 Å². The predicted molar refractivity (Wildman–Crippen MR) is 118 cm³/mol. The molecule has 0 saturated heterocycles. The Morgan fingerprint density at radius 1 is 0.931 bits per heavy atom. The average molecular weight is 464 g/mol. The Bertz CT molecular complexity index is 1130. The summed E-state index contributed by atoms with van der Waals surface area (Å²) in [6.45, 7) is 0.483. The standard InChI is InChI=1S/C24H17BrO3S/c25-19-10-11-22(28-15-16-4-2-1-3-5-16)21(14-19)23-20(12-13-29-23)17-6-8-18(9-7-17)24(26)27/h1-14H,15H2,(H,26,27)/p-1. The van der Waals surface area contributed by atoms with Gasteiger partial charge in [0.1, 0.15) is 12.4 Å². The third-order valence-electron chi connectivity index (χ3n) is 4.52. The van der Waals surface area contributed by atoms with Crippen LogP contribution in [0.4, 0.5) is 0 Å². The van der Waals surface area contributed by atoms with Gasteiger partial charge in [0.2, 0.25) is 0 Å². The fourth-order valence-electron chi connectivity index (χ4n) is 3.07. The van der Waals surface area contributed by atoms with Crippen molar-refractivity contribution in [2.24, 2.45) is 0 Å². The van der Waals surface area contributed by atoms with Crippen LogP contribution in [0.3, 0.4) is 0 Å². The maximum atomic E-state index is 11.0. The van der Waals surface area contributed by atoms with Crippen molar-refractivity contribution in [1.82, 2.24) is 0 Å². The van der Waals surface area contributed by atoms with Crippen molar-refractivity contribution in [3.8, 4) is 27.3 Å². The van der Waals surface area contributed by atoms with Crippen LogP contribution in [0.2, 0.25) is 0 Å². The predicted octanol–water partition coefficient (Wildman–Crippen LogP) is 5.79. The van der Waals surface area contributed by atoms with Crippen molar-refractivity contribution < 1.29 is 14.6 Å². The van der Waals surface area contributed by atoms with E-state index in [0.29, 0.717) is 6.61 Å². The number of thiophene rings is 1. The normalized spacial score (nSPS) is 10.7. The van der Waals surface area contributed by atoms with Gasteiger partial charge in [0, 0.05) is 20.5 Å². The Morgan fingerprint density at radius 3 is 2.41 bits per heavy atom. The van der Waals surface area contributed by atoms with Gasteiger partial charge in [0.25, 0.3) is 0 Å². The van der Waals surface area contributed by atoms with Crippen LogP contribution in [0.25, 0.3) is 21.6 Å². The summed E-state index contributed by atoms with van der Waals surface area (Å²) in [6, 6.07) is 24.8. The lowest BCUT2D eigenvalue weighted by atomic mass is 10.0. The highest BCUT2D eigenvalue weighted by Gasteiger charge is 2.15. The molecule has 0 amide bonds. The zero-order chi connectivity index (χ0) is 20.2. The molecular weight excluding hydrogens is 448 g/mol. The van der Waals surface area contributed by atoms with Crippen LogP contribution in [-0.4, -0.2) is 5.97 Å². The molecule has 0 atom stereocenters. The van der Waals surface area contributed by atoms with Crippen molar-refractivity contribution in [3.63, 3.8) is 0 Å². The Morgan fingerprint density at radius 2 is 1.69 bits per heavy atom. The topological polar surface area (TPSA) is 49.4 Å². The molecule has 0 radical (unpaired) electrons. The highest BCUT2D eigenvalue weighted by molar-refractivity contribution is 9.10. The third-order valence-corrected chi connectivity index (χ3v) is 5.96. The molecule has 1 heterocycles.